The molecule has 1 saturated heterocycles. The van der Waals surface area contributed by atoms with Gasteiger partial charge in [0.05, 0.1) is 6.04 Å². The number of aliphatic imine (C=N–C) groups is 1. The lowest BCUT2D eigenvalue weighted by molar-refractivity contribution is -0.0384. The predicted octanol–water partition coefficient (Wildman–Crippen LogP) is -0.586. The Morgan fingerprint density at radius 2 is 2.47 bits per heavy atom. The Morgan fingerprint density at radius 3 is 3.16 bits per heavy atom. The van der Waals surface area contributed by atoms with Crippen LogP contribution in [0.4, 0.5) is 0 Å². The standard InChI is InChI=1S/C12H13N3O4/c1-5-4-15-10-7(18-11(15)14-9(5)17)8(16)12(19-10)3-6(12)13-2/h4,6-8,10,16H,2-3H2,1H3/t6-,7+,8+,10-,12?/m1/s1. The number of aromatic nitrogens is 2. The van der Waals surface area contributed by atoms with E-state index in [1.54, 1.807) is 17.7 Å². The fourth-order valence-electron chi connectivity index (χ4n) is 2.98. The average molecular weight is 263 g/mol. The predicted molar refractivity (Wildman–Crippen MR) is 64.5 cm³/mol. The van der Waals surface area contributed by atoms with E-state index in [-0.39, 0.29) is 17.6 Å². The third kappa shape index (κ3) is 1.21. The maximum atomic E-state index is 11.5. The van der Waals surface area contributed by atoms with E-state index in [4.69, 9.17) is 9.47 Å². The van der Waals surface area contributed by atoms with Crippen LogP contribution in [0.5, 0.6) is 6.01 Å². The molecule has 0 amide bonds. The second kappa shape index (κ2) is 3.23. The number of hydrogen-bond donors (Lipinski definition) is 1. The van der Waals surface area contributed by atoms with E-state index in [2.05, 4.69) is 16.7 Å². The molecule has 2 aliphatic heterocycles. The lowest BCUT2D eigenvalue weighted by atomic mass is 10.1. The first-order valence-electron chi connectivity index (χ1n) is 6.15. The lowest BCUT2D eigenvalue weighted by Crippen LogP contribution is -2.36. The number of nitrogens with zero attached hydrogens (tertiary/aromatic N) is 3. The molecule has 1 aromatic heterocycles. The summed E-state index contributed by atoms with van der Waals surface area (Å²) in [6.07, 6.45) is 0.518. The summed E-state index contributed by atoms with van der Waals surface area (Å²) in [5.41, 5.74) is -0.486. The molecule has 19 heavy (non-hydrogen) atoms. The molecule has 7 heteroatoms. The van der Waals surface area contributed by atoms with Gasteiger partial charge >= 0.3 is 6.01 Å². The van der Waals surface area contributed by atoms with E-state index in [0.717, 1.165) is 0 Å². The zero-order valence-corrected chi connectivity index (χ0v) is 10.3. The van der Waals surface area contributed by atoms with Crippen molar-refractivity contribution in [1.29, 1.82) is 0 Å². The molecule has 1 aromatic rings. The second-order valence-electron chi connectivity index (χ2n) is 5.31. The van der Waals surface area contributed by atoms with Crippen LogP contribution in [0.2, 0.25) is 0 Å². The van der Waals surface area contributed by atoms with Crippen LogP contribution >= 0.6 is 0 Å². The zero-order valence-electron chi connectivity index (χ0n) is 10.3. The van der Waals surface area contributed by atoms with Gasteiger partial charge in [-0.1, -0.05) is 0 Å². The highest BCUT2D eigenvalue weighted by molar-refractivity contribution is 5.32. The number of ether oxygens (including phenoxy) is 2. The Bertz CT molecular complexity index is 642. The van der Waals surface area contributed by atoms with Crippen molar-refractivity contribution in [3.8, 4) is 6.01 Å². The molecule has 4 rings (SSSR count). The second-order valence-corrected chi connectivity index (χ2v) is 5.31. The highest BCUT2D eigenvalue weighted by Gasteiger charge is 2.71. The monoisotopic (exact) mass is 263 g/mol. The van der Waals surface area contributed by atoms with E-state index < -0.39 is 24.0 Å². The van der Waals surface area contributed by atoms with Gasteiger partial charge in [-0.05, 0) is 13.6 Å². The molecule has 3 heterocycles. The SMILES string of the molecule is C=N[C@@H]1CC12O[C@@H]1[C@@H](Oc3nc(=O)c(C)cn31)[C@@H]2O. The molecule has 1 aliphatic carbocycles. The van der Waals surface area contributed by atoms with Gasteiger partial charge in [-0.2, -0.15) is 4.98 Å². The topological polar surface area (TPSA) is 85.9 Å². The van der Waals surface area contributed by atoms with E-state index in [1.807, 2.05) is 0 Å². The summed E-state index contributed by atoms with van der Waals surface area (Å²) in [7, 11) is 0. The smallest absolute Gasteiger partial charge is 0.302 e. The Balaban J connectivity index is 1.76. The van der Waals surface area contributed by atoms with Crippen molar-refractivity contribution in [2.24, 2.45) is 4.99 Å². The molecule has 5 atom stereocenters. The van der Waals surface area contributed by atoms with Gasteiger partial charge in [0, 0.05) is 18.2 Å². The van der Waals surface area contributed by atoms with Crippen LogP contribution in [-0.4, -0.2) is 45.2 Å². The molecule has 0 radical (unpaired) electrons. The van der Waals surface area contributed by atoms with Crippen molar-refractivity contribution in [3.05, 3.63) is 22.1 Å². The summed E-state index contributed by atoms with van der Waals surface area (Å²) in [4.78, 5) is 19.3. The first-order valence-corrected chi connectivity index (χ1v) is 6.15. The maximum absolute atomic E-state index is 11.5. The molecule has 1 saturated carbocycles. The van der Waals surface area contributed by atoms with E-state index >= 15 is 0 Å². The lowest BCUT2D eigenvalue weighted by Gasteiger charge is -2.16. The number of hydrogen-bond acceptors (Lipinski definition) is 6. The van der Waals surface area contributed by atoms with Gasteiger partial charge in [-0.25, -0.2) is 0 Å². The highest BCUT2D eigenvalue weighted by Crippen LogP contribution is 2.56. The van der Waals surface area contributed by atoms with Crippen molar-refractivity contribution in [1.82, 2.24) is 9.55 Å². The molecule has 1 unspecified atom stereocenters. The fourth-order valence-corrected chi connectivity index (χ4v) is 2.98. The summed E-state index contributed by atoms with van der Waals surface area (Å²) in [6, 6.07) is 0.108. The minimum absolute atomic E-state index is 0.0893. The summed E-state index contributed by atoms with van der Waals surface area (Å²) >= 11 is 0. The first-order chi connectivity index (χ1) is 9.06. The molecule has 0 bridgehead atoms. The van der Waals surface area contributed by atoms with Crippen LogP contribution in [-0.2, 0) is 4.74 Å². The number of rotatable bonds is 1. The fraction of sp³-hybridized carbons (Fsp3) is 0.583. The van der Waals surface area contributed by atoms with Crippen molar-refractivity contribution >= 4 is 6.72 Å². The molecule has 7 nitrogen and oxygen atoms in total. The zero-order chi connectivity index (χ0) is 13.4. The molecule has 1 spiro atoms. The van der Waals surface area contributed by atoms with Crippen LogP contribution in [0.3, 0.4) is 0 Å². The summed E-state index contributed by atoms with van der Waals surface area (Å²) in [5.74, 6) is 0. The summed E-state index contributed by atoms with van der Waals surface area (Å²) in [6.45, 7) is 5.18. The Kier molecular flexibility index (Phi) is 1.89. The Hall–Kier alpha value is -1.73. The van der Waals surface area contributed by atoms with Crippen LogP contribution in [0.1, 0.15) is 18.2 Å². The van der Waals surface area contributed by atoms with Crippen molar-refractivity contribution in [3.63, 3.8) is 0 Å². The van der Waals surface area contributed by atoms with Gasteiger partial charge < -0.3 is 14.6 Å². The van der Waals surface area contributed by atoms with Crippen molar-refractivity contribution < 1.29 is 14.6 Å². The molecule has 100 valence electrons. The van der Waals surface area contributed by atoms with Crippen LogP contribution in [0.15, 0.2) is 16.0 Å². The van der Waals surface area contributed by atoms with E-state index in [0.29, 0.717) is 12.0 Å². The minimum atomic E-state index is -0.787. The number of fused-ring (bicyclic) bond motifs is 3. The Morgan fingerprint density at radius 1 is 1.68 bits per heavy atom. The molecular formula is C12H13N3O4. The molecular weight excluding hydrogens is 250 g/mol. The van der Waals surface area contributed by atoms with Crippen LogP contribution in [0.25, 0.3) is 0 Å². The number of aliphatic hydroxyl groups excluding tert-OH is 1. The Labute approximate surface area is 108 Å². The van der Waals surface area contributed by atoms with Gasteiger partial charge in [-0.15, -0.1) is 0 Å². The van der Waals surface area contributed by atoms with Gasteiger partial charge in [0.15, 0.2) is 12.3 Å². The normalized spacial score (nSPS) is 41.8. The first kappa shape index (κ1) is 11.1. The van der Waals surface area contributed by atoms with Gasteiger partial charge in [0.2, 0.25) is 0 Å². The largest absolute Gasteiger partial charge is 0.453 e. The molecule has 2 fully saturated rings. The minimum Gasteiger partial charge on any atom is -0.453 e. The average Bonchev–Trinajstić information content (AvgIpc) is 2.92. The van der Waals surface area contributed by atoms with Crippen molar-refractivity contribution in [2.75, 3.05) is 0 Å². The van der Waals surface area contributed by atoms with Gasteiger partial charge in [-0.3, -0.25) is 14.4 Å². The molecule has 0 aromatic carbocycles. The van der Waals surface area contributed by atoms with E-state index in [1.165, 1.54) is 0 Å². The van der Waals surface area contributed by atoms with Gasteiger partial charge in [0.1, 0.15) is 11.7 Å². The third-order valence-electron chi connectivity index (χ3n) is 4.17. The maximum Gasteiger partial charge on any atom is 0.302 e. The molecule has 1 N–H and O–H groups in total. The number of aliphatic hydroxyl groups is 1. The van der Waals surface area contributed by atoms with Gasteiger partial charge in [0.25, 0.3) is 5.56 Å². The quantitative estimate of drug-likeness (QED) is 0.685. The summed E-state index contributed by atoms with van der Waals surface area (Å²) in [5, 5.41) is 10.3. The van der Waals surface area contributed by atoms with E-state index in [9.17, 15) is 9.90 Å². The van der Waals surface area contributed by atoms with Crippen LogP contribution < -0.4 is 10.3 Å². The highest BCUT2D eigenvalue weighted by atomic mass is 16.6. The number of aryl methyl sites for hydroxylation is 1. The van der Waals surface area contributed by atoms with Crippen LogP contribution in [0, 0.1) is 6.92 Å². The molecule has 3 aliphatic rings. The third-order valence-corrected chi connectivity index (χ3v) is 4.17. The summed E-state index contributed by atoms with van der Waals surface area (Å²) < 4.78 is 13.2. The van der Waals surface area contributed by atoms with Crippen molar-refractivity contribution in [2.45, 2.75) is 43.4 Å².